The number of amidine groups is 1. The van der Waals surface area contributed by atoms with E-state index in [0.717, 1.165) is 18.8 Å². The molecular formula is C9H15N5O2S. The number of aromatic nitrogens is 2. The topological polar surface area (TPSA) is 110 Å². The monoisotopic (exact) mass is 257 g/mol. The van der Waals surface area contributed by atoms with Crippen molar-refractivity contribution in [2.24, 2.45) is 16.8 Å². The molecule has 1 atom stereocenters. The van der Waals surface area contributed by atoms with Gasteiger partial charge in [0.2, 0.25) is 0 Å². The van der Waals surface area contributed by atoms with E-state index in [1.54, 1.807) is 0 Å². The Bertz CT molecular complexity index is 388. The fourth-order valence-corrected chi connectivity index (χ4v) is 2.78. The average molecular weight is 257 g/mol. The summed E-state index contributed by atoms with van der Waals surface area (Å²) in [5.41, 5.74) is 5.77. The van der Waals surface area contributed by atoms with Crippen LogP contribution in [0.15, 0.2) is 14.8 Å². The lowest BCUT2D eigenvalue weighted by Gasteiger charge is -2.21. The molecule has 1 aliphatic rings. The van der Waals surface area contributed by atoms with Crippen molar-refractivity contribution in [3.63, 3.8) is 0 Å². The highest BCUT2D eigenvalue weighted by Gasteiger charge is 2.18. The van der Waals surface area contributed by atoms with Gasteiger partial charge in [-0.3, -0.25) is 0 Å². The van der Waals surface area contributed by atoms with Crippen LogP contribution in [0.3, 0.4) is 0 Å². The molecule has 7 nitrogen and oxygen atoms in total. The summed E-state index contributed by atoms with van der Waals surface area (Å²) < 4.78 is 4.60. The number of thioether (sulfide) groups is 1. The van der Waals surface area contributed by atoms with E-state index in [9.17, 15) is 0 Å². The average Bonchev–Trinajstić information content (AvgIpc) is 2.85. The minimum atomic E-state index is -0.0736. The molecule has 1 aromatic heterocycles. The normalized spacial score (nSPS) is 21.6. The predicted molar refractivity (Wildman–Crippen MR) is 63.1 cm³/mol. The Morgan fingerprint density at radius 2 is 2.53 bits per heavy atom. The lowest BCUT2D eigenvalue weighted by Crippen LogP contribution is -2.31. The van der Waals surface area contributed by atoms with Gasteiger partial charge in [-0.05, 0) is 42.2 Å². The summed E-state index contributed by atoms with van der Waals surface area (Å²) >= 11 is 1.52. The summed E-state index contributed by atoms with van der Waals surface area (Å²) in [7, 11) is 0. The Labute approximate surface area is 103 Å². The second kappa shape index (κ2) is 5.87. The molecule has 0 aliphatic carbocycles. The maximum absolute atomic E-state index is 8.58. The molecule has 94 valence electrons. The summed E-state index contributed by atoms with van der Waals surface area (Å²) in [4.78, 5) is 0. The molecule has 1 unspecified atom stereocenters. The second-order valence-electron chi connectivity index (χ2n) is 3.93. The van der Waals surface area contributed by atoms with Gasteiger partial charge in [-0.15, -0.1) is 11.8 Å². The first kappa shape index (κ1) is 12.2. The van der Waals surface area contributed by atoms with Crippen molar-refractivity contribution in [2.45, 2.75) is 17.9 Å². The number of rotatable bonds is 4. The van der Waals surface area contributed by atoms with Gasteiger partial charge in [-0.2, -0.15) is 0 Å². The quantitative estimate of drug-likeness (QED) is 0.233. The van der Waals surface area contributed by atoms with Gasteiger partial charge in [0, 0.05) is 5.75 Å². The third-order valence-electron chi connectivity index (χ3n) is 2.66. The van der Waals surface area contributed by atoms with Crippen LogP contribution in [0.1, 0.15) is 18.5 Å². The van der Waals surface area contributed by atoms with Crippen molar-refractivity contribution in [1.29, 1.82) is 0 Å². The molecule has 0 radical (unpaired) electrons. The van der Waals surface area contributed by atoms with Crippen LogP contribution in [0.25, 0.3) is 0 Å². The SMILES string of the molecule is N/C(=N\O)c1nonc1SCC1CCCNC1. The molecule has 0 saturated carbocycles. The number of nitrogens with zero attached hydrogens (tertiary/aromatic N) is 3. The molecule has 2 rings (SSSR count). The van der Waals surface area contributed by atoms with Gasteiger partial charge in [0.05, 0.1) is 0 Å². The molecule has 1 aromatic rings. The highest BCUT2D eigenvalue weighted by Crippen LogP contribution is 2.24. The van der Waals surface area contributed by atoms with E-state index in [2.05, 4.69) is 25.4 Å². The molecule has 1 saturated heterocycles. The van der Waals surface area contributed by atoms with Crippen molar-refractivity contribution >= 4 is 17.6 Å². The Hall–Kier alpha value is -1.28. The molecule has 4 N–H and O–H groups in total. The Morgan fingerprint density at radius 1 is 1.65 bits per heavy atom. The maximum atomic E-state index is 8.58. The lowest BCUT2D eigenvalue weighted by molar-refractivity contribution is 0.296. The van der Waals surface area contributed by atoms with E-state index in [0.29, 0.717) is 16.6 Å². The van der Waals surface area contributed by atoms with Crippen LogP contribution >= 0.6 is 11.8 Å². The van der Waals surface area contributed by atoms with Crippen LogP contribution in [-0.4, -0.2) is 40.2 Å². The molecule has 1 aliphatic heterocycles. The number of piperidine rings is 1. The van der Waals surface area contributed by atoms with Crippen LogP contribution in [0.4, 0.5) is 0 Å². The van der Waals surface area contributed by atoms with Crippen LogP contribution in [0.2, 0.25) is 0 Å². The summed E-state index contributed by atoms with van der Waals surface area (Å²) in [5.74, 6) is 1.47. The number of nitrogens with one attached hydrogen (secondary N) is 1. The molecule has 0 spiro atoms. The third-order valence-corrected chi connectivity index (χ3v) is 3.84. The third kappa shape index (κ3) is 3.10. The standard InChI is InChI=1S/C9H15N5O2S/c10-8(12-15)7-9(14-16-13-7)17-5-6-2-1-3-11-4-6/h6,11,15H,1-5H2,(H2,10,12). The highest BCUT2D eigenvalue weighted by atomic mass is 32.2. The van der Waals surface area contributed by atoms with E-state index in [-0.39, 0.29) is 5.84 Å². The molecule has 17 heavy (non-hydrogen) atoms. The summed E-state index contributed by atoms with van der Waals surface area (Å²) in [6, 6.07) is 0. The van der Waals surface area contributed by atoms with Crippen LogP contribution in [0.5, 0.6) is 0 Å². The fraction of sp³-hybridized carbons (Fsp3) is 0.667. The lowest BCUT2D eigenvalue weighted by atomic mass is 10.0. The Balaban J connectivity index is 1.92. The number of hydrogen-bond acceptors (Lipinski definition) is 7. The van der Waals surface area contributed by atoms with Crippen molar-refractivity contribution in [3.8, 4) is 0 Å². The Morgan fingerprint density at radius 3 is 3.24 bits per heavy atom. The summed E-state index contributed by atoms with van der Waals surface area (Å²) in [5, 5.41) is 22.8. The largest absolute Gasteiger partial charge is 0.409 e. The van der Waals surface area contributed by atoms with Crippen molar-refractivity contribution in [3.05, 3.63) is 5.69 Å². The van der Waals surface area contributed by atoms with Gasteiger partial charge >= 0.3 is 0 Å². The summed E-state index contributed by atoms with van der Waals surface area (Å²) in [6.45, 7) is 2.12. The van der Waals surface area contributed by atoms with E-state index in [1.807, 2.05) is 0 Å². The van der Waals surface area contributed by atoms with Crippen molar-refractivity contribution in [2.75, 3.05) is 18.8 Å². The van der Waals surface area contributed by atoms with E-state index < -0.39 is 0 Å². The molecule has 8 heteroatoms. The Kier molecular flexibility index (Phi) is 4.21. The van der Waals surface area contributed by atoms with E-state index >= 15 is 0 Å². The molecule has 1 fully saturated rings. The highest BCUT2D eigenvalue weighted by molar-refractivity contribution is 7.99. The second-order valence-corrected chi connectivity index (χ2v) is 4.94. The van der Waals surface area contributed by atoms with Crippen molar-refractivity contribution < 1.29 is 9.84 Å². The van der Waals surface area contributed by atoms with Gasteiger partial charge in [0.1, 0.15) is 0 Å². The van der Waals surface area contributed by atoms with E-state index in [1.165, 1.54) is 24.6 Å². The van der Waals surface area contributed by atoms with E-state index in [4.69, 9.17) is 10.9 Å². The minimum Gasteiger partial charge on any atom is -0.409 e. The molecule has 0 aromatic carbocycles. The van der Waals surface area contributed by atoms with Gasteiger partial charge in [0.15, 0.2) is 16.6 Å². The first-order valence-corrected chi connectivity index (χ1v) is 6.43. The molecular weight excluding hydrogens is 242 g/mol. The van der Waals surface area contributed by atoms with Gasteiger partial charge < -0.3 is 16.3 Å². The zero-order valence-corrected chi connectivity index (χ0v) is 10.1. The zero-order chi connectivity index (χ0) is 12.1. The summed E-state index contributed by atoms with van der Waals surface area (Å²) in [6.07, 6.45) is 2.42. The van der Waals surface area contributed by atoms with Crippen LogP contribution < -0.4 is 11.1 Å². The fourth-order valence-electron chi connectivity index (χ4n) is 1.74. The molecule has 0 amide bonds. The number of nitrogens with two attached hydrogens (primary N) is 1. The maximum Gasteiger partial charge on any atom is 0.195 e. The number of oxime groups is 1. The minimum absolute atomic E-state index is 0.0736. The van der Waals surface area contributed by atoms with Crippen molar-refractivity contribution in [1.82, 2.24) is 15.6 Å². The van der Waals surface area contributed by atoms with Gasteiger partial charge in [-0.25, -0.2) is 4.63 Å². The van der Waals surface area contributed by atoms with Gasteiger partial charge in [-0.1, -0.05) is 5.16 Å². The first-order chi connectivity index (χ1) is 8.31. The molecule has 2 heterocycles. The smallest absolute Gasteiger partial charge is 0.195 e. The zero-order valence-electron chi connectivity index (χ0n) is 9.30. The van der Waals surface area contributed by atoms with Crippen LogP contribution in [0, 0.1) is 5.92 Å². The van der Waals surface area contributed by atoms with Gasteiger partial charge in [0.25, 0.3) is 0 Å². The number of hydrogen-bond donors (Lipinski definition) is 3. The van der Waals surface area contributed by atoms with Crippen LogP contribution in [-0.2, 0) is 0 Å². The molecule has 0 bridgehead atoms. The predicted octanol–water partition coefficient (Wildman–Crippen LogP) is 0.256. The first-order valence-electron chi connectivity index (χ1n) is 5.45.